The molecule has 0 saturated heterocycles. The molecule has 0 radical (unpaired) electrons. The summed E-state index contributed by atoms with van der Waals surface area (Å²) >= 11 is 0. The number of nitrogens with one attached hydrogen (secondary N) is 1. The fraction of sp³-hybridized carbons (Fsp3) is 0.400. The summed E-state index contributed by atoms with van der Waals surface area (Å²) in [4.78, 5) is 0. The first-order chi connectivity index (χ1) is 6.89. The standard InChI is InChI=1S/C10H13NO3S/c1-15(13,14)11-9-4-2-3-8(7-9)10(12)5-6-10/h2-4,7,11-12H,5-6H2,1H3. The predicted molar refractivity (Wildman–Crippen MR) is 58.0 cm³/mol. The molecule has 5 heteroatoms. The van der Waals surface area contributed by atoms with Crippen molar-refractivity contribution in [3.05, 3.63) is 29.8 Å². The van der Waals surface area contributed by atoms with E-state index in [0.29, 0.717) is 5.69 Å². The Morgan fingerprint density at radius 3 is 2.60 bits per heavy atom. The molecule has 2 rings (SSSR count). The van der Waals surface area contributed by atoms with Gasteiger partial charge in [0.2, 0.25) is 10.0 Å². The first-order valence-corrected chi connectivity index (χ1v) is 6.59. The molecule has 2 N–H and O–H groups in total. The van der Waals surface area contributed by atoms with Crippen LogP contribution < -0.4 is 4.72 Å². The van der Waals surface area contributed by atoms with Gasteiger partial charge >= 0.3 is 0 Å². The van der Waals surface area contributed by atoms with E-state index in [4.69, 9.17) is 0 Å². The van der Waals surface area contributed by atoms with Crippen molar-refractivity contribution in [1.82, 2.24) is 0 Å². The summed E-state index contributed by atoms with van der Waals surface area (Å²) in [5.41, 5.74) is 0.543. The van der Waals surface area contributed by atoms with E-state index in [0.717, 1.165) is 24.7 Å². The molecule has 0 spiro atoms. The third kappa shape index (κ3) is 2.49. The van der Waals surface area contributed by atoms with Gasteiger partial charge in [0.05, 0.1) is 11.9 Å². The van der Waals surface area contributed by atoms with Crippen molar-refractivity contribution >= 4 is 15.7 Å². The molecule has 1 saturated carbocycles. The van der Waals surface area contributed by atoms with Crippen molar-refractivity contribution < 1.29 is 13.5 Å². The second kappa shape index (κ2) is 3.21. The van der Waals surface area contributed by atoms with Gasteiger partial charge in [-0.15, -0.1) is 0 Å². The Bertz CT molecular complexity index is 477. The average Bonchev–Trinajstić information content (AvgIpc) is 2.82. The van der Waals surface area contributed by atoms with Gasteiger partial charge in [-0.05, 0) is 30.5 Å². The molecule has 1 aliphatic rings. The van der Waals surface area contributed by atoms with E-state index in [9.17, 15) is 13.5 Å². The lowest BCUT2D eigenvalue weighted by molar-refractivity contribution is 0.151. The molecule has 1 fully saturated rings. The van der Waals surface area contributed by atoms with Gasteiger partial charge in [0.1, 0.15) is 0 Å². The molecule has 1 aromatic rings. The van der Waals surface area contributed by atoms with Gasteiger partial charge in [-0.1, -0.05) is 12.1 Å². The maximum absolute atomic E-state index is 11.0. The molecule has 0 bridgehead atoms. The Morgan fingerprint density at radius 1 is 1.40 bits per heavy atom. The summed E-state index contributed by atoms with van der Waals surface area (Å²) in [6, 6.07) is 6.88. The van der Waals surface area contributed by atoms with Gasteiger partial charge in [0.25, 0.3) is 0 Å². The highest BCUT2D eigenvalue weighted by Gasteiger charge is 2.42. The molecule has 0 atom stereocenters. The van der Waals surface area contributed by atoms with Crippen LogP contribution in [-0.2, 0) is 15.6 Å². The van der Waals surface area contributed by atoms with Crippen LogP contribution in [0.3, 0.4) is 0 Å². The topological polar surface area (TPSA) is 66.4 Å². The molecular weight excluding hydrogens is 214 g/mol. The number of rotatable bonds is 3. The van der Waals surface area contributed by atoms with Gasteiger partial charge in [0, 0.05) is 5.69 Å². The Morgan fingerprint density at radius 2 is 2.07 bits per heavy atom. The maximum Gasteiger partial charge on any atom is 0.229 e. The van der Waals surface area contributed by atoms with Crippen LogP contribution in [0.15, 0.2) is 24.3 Å². The van der Waals surface area contributed by atoms with Gasteiger partial charge < -0.3 is 5.11 Å². The van der Waals surface area contributed by atoms with Crippen molar-refractivity contribution in [2.75, 3.05) is 11.0 Å². The van der Waals surface area contributed by atoms with E-state index in [2.05, 4.69) is 4.72 Å². The van der Waals surface area contributed by atoms with Crippen LogP contribution in [0.25, 0.3) is 0 Å². The second-order valence-electron chi connectivity index (χ2n) is 3.99. The molecule has 0 heterocycles. The quantitative estimate of drug-likeness (QED) is 0.810. The zero-order valence-electron chi connectivity index (χ0n) is 8.40. The zero-order valence-corrected chi connectivity index (χ0v) is 9.21. The lowest BCUT2D eigenvalue weighted by Gasteiger charge is -2.10. The van der Waals surface area contributed by atoms with Crippen molar-refractivity contribution in [3.8, 4) is 0 Å². The van der Waals surface area contributed by atoms with Crippen LogP contribution in [0.2, 0.25) is 0 Å². The fourth-order valence-electron chi connectivity index (χ4n) is 1.49. The molecule has 1 aliphatic carbocycles. The number of aliphatic hydroxyl groups is 1. The SMILES string of the molecule is CS(=O)(=O)Nc1cccc(C2(O)CC2)c1. The summed E-state index contributed by atoms with van der Waals surface area (Å²) in [5.74, 6) is 0. The highest BCUT2D eigenvalue weighted by Crippen LogP contribution is 2.45. The lowest BCUT2D eigenvalue weighted by Crippen LogP contribution is -2.11. The van der Waals surface area contributed by atoms with Crippen molar-refractivity contribution in [3.63, 3.8) is 0 Å². The summed E-state index contributed by atoms with van der Waals surface area (Å²) in [6.07, 6.45) is 2.59. The van der Waals surface area contributed by atoms with E-state index in [-0.39, 0.29) is 0 Å². The van der Waals surface area contributed by atoms with Gasteiger partial charge in [0.15, 0.2) is 0 Å². The Kier molecular flexibility index (Phi) is 2.24. The van der Waals surface area contributed by atoms with Crippen LogP contribution in [0.1, 0.15) is 18.4 Å². The summed E-state index contributed by atoms with van der Waals surface area (Å²) < 4.78 is 24.4. The number of anilines is 1. The second-order valence-corrected chi connectivity index (χ2v) is 5.74. The highest BCUT2D eigenvalue weighted by molar-refractivity contribution is 7.92. The van der Waals surface area contributed by atoms with Gasteiger partial charge in [-0.3, -0.25) is 4.72 Å². The van der Waals surface area contributed by atoms with Crippen LogP contribution >= 0.6 is 0 Å². The van der Waals surface area contributed by atoms with Crippen LogP contribution in [0.4, 0.5) is 5.69 Å². The Hall–Kier alpha value is -1.07. The number of hydrogen-bond acceptors (Lipinski definition) is 3. The van der Waals surface area contributed by atoms with Crippen LogP contribution in [0, 0.1) is 0 Å². The molecule has 1 aromatic carbocycles. The van der Waals surface area contributed by atoms with E-state index >= 15 is 0 Å². The van der Waals surface area contributed by atoms with E-state index in [1.807, 2.05) is 0 Å². The average molecular weight is 227 g/mol. The minimum Gasteiger partial charge on any atom is -0.385 e. The van der Waals surface area contributed by atoms with E-state index in [1.54, 1.807) is 24.3 Å². The van der Waals surface area contributed by atoms with Gasteiger partial charge in [-0.25, -0.2) is 8.42 Å². The largest absolute Gasteiger partial charge is 0.385 e. The normalized spacial score (nSPS) is 18.5. The summed E-state index contributed by atoms with van der Waals surface area (Å²) in [7, 11) is -3.25. The third-order valence-corrected chi connectivity index (χ3v) is 3.03. The van der Waals surface area contributed by atoms with Crippen molar-refractivity contribution in [1.29, 1.82) is 0 Å². The first-order valence-electron chi connectivity index (χ1n) is 4.70. The molecule has 0 unspecified atom stereocenters. The number of sulfonamides is 1. The van der Waals surface area contributed by atoms with Crippen LogP contribution in [-0.4, -0.2) is 19.8 Å². The Labute approximate surface area is 89.0 Å². The minimum atomic E-state index is -3.25. The number of hydrogen-bond donors (Lipinski definition) is 2. The summed E-state index contributed by atoms with van der Waals surface area (Å²) in [5, 5.41) is 9.85. The van der Waals surface area contributed by atoms with Crippen molar-refractivity contribution in [2.24, 2.45) is 0 Å². The summed E-state index contributed by atoms with van der Waals surface area (Å²) in [6.45, 7) is 0. The lowest BCUT2D eigenvalue weighted by atomic mass is 10.1. The minimum absolute atomic E-state index is 0.496. The Balaban J connectivity index is 2.27. The molecule has 4 nitrogen and oxygen atoms in total. The van der Waals surface area contributed by atoms with Gasteiger partial charge in [-0.2, -0.15) is 0 Å². The smallest absolute Gasteiger partial charge is 0.229 e. The predicted octanol–water partition coefficient (Wildman–Crippen LogP) is 1.04. The molecule has 0 aliphatic heterocycles. The van der Waals surface area contributed by atoms with Crippen LogP contribution in [0.5, 0.6) is 0 Å². The zero-order chi connectivity index (χ0) is 11.1. The molecule has 0 aromatic heterocycles. The molecule has 15 heavy (non-hydrogen) atoms. The van der Waals surface area contributed by atoms with E-state index in [1.165, 1.54) is 0 Å². The first kappa shape index (κ1) is 10.4. The van der Waals surface area contributed by atoms with Crippen molar-refractivity contribution in [2.45, 2.75) is 18.4 Å². The maximum atomic E-state index is 11.0. The molecule has 0 amide bonds. The third-order valence-electron chi connectivity index (χ3n) is 2.43. The molecule has 82 valence electrons. The number of benzene rings is 1. The van der Waals surface area contributed by atoms with E-state index < -0.39 is 15.6 Å². The highest BCUT2D eigenvalue weighted by atomic mass is 32.2. The fourth-order valence-corrected chi connectivity index (χ4v) is 2.05. The molecular formula is C10H13NO3S. The monoisotopic (exact) mass is 227 g/mol.